The molecule has 0 aliphatic heterocycles. The fourth-order valence-electron chi connectivity index (χ4n) is 2.33. The van der Waals surface area contributed by atoms with Crippen molar-refractivity contribution in [1.29, 1.82) is 0 Å². The van der Waals surface area contributed by atoms with Crippen molar-refractivity contribution < 1.29 is 14.6 Å². The van der Waals surface area contributed by atoms with Gasteiger partial charge in [0.25, 0.3) is 5.91 Å². The van der Waals surface area contributed by atoms with Crippen molar-refractivity contribution in [3.8, 4) is 5.88 Å². The Labute approximate surface area is 142 Å². The van der Waals surface area contributed by atoms with E-state index in [4.69, 9.17) is 4.74 Å². The lowest BCUT2D eigenvalue weighted by molar-refractivity contribution is 0.0578. The number of rotatable bonds is 7. The summed E-state index contributed by atoms with van der Waals surface area (Å²) in [5.74, 6) is 0.267. The first kappa shape index (κ1) is 17.9. The van der Waals surface area contributed by atoms with Crippen LogP contribution in [0.25, 0.3) is 0 Å². The maximum Gasteiger partial charge on any atom is 0.254 e. The monoisotopic (exact) mass is 328 g/mol. The number of nitrogens with zero attached hydrogens (tertiary/aromatic N) is 2. The van der Waals surface area contributed by atoms with Gasteiger partial charge in [-0.2, -0.15) is 0 Å². The molecule has 5 nitrogen and oxygen atoms in total. The molecule has 0 saturated heterocycles. The van der Waals surface area contributed by atoms with E-state index in [0.717, 1.165) is 5.56 Å². The topological polar surface area (TPSA) is 62.7 Å². The largest absolute Gasteiger partial charge is 0.473 e. The molecule has 0 aliphatic rings. The summed E-state index contributed by atoms with van der Waals surface area (Å²) in [6.07, 6.45) is 0.987. The van der Waals surface area contributed by atoms with Crippen molar-refractivity contribution in [2.45, 2.75) is 39.5 Å². The second-order valence-corrected chi connectivity index (χ2v) is 6.06. The van der Waals surface area contributed by atoms with Crippen LogP contribution in [0.5, 0.6) is 5.88 Å². The van der Waals surface area contributed by atoms with E-state index in [2.05, 4.69) is 4.98 Å². The van der Waals surface area contributed by atoms with Gasteiger partial charge < -0.3 is 14.7 Å². The predicted octanol–water partition coefficient (Wildman–Crippen LogP) is 2.89. The van der Waals surface area contributed by atoms with Gasteiger partial charge in [-0.15, -0.1) is 0 Å². The number of aromatic nitrogens is 1. The molecule has 1 N–H and O–H groups in total. The van der Waals surface area contributed by atoms with Gasteiger partial charge in [0.2, 0.25) is 5.88 Å². The molecule has 0 fully saturated rings. The van der Waals surface area contributed by atoms with Crippen LogP contribution in [0.15, 0.2) is 48.7 Å². The minimum Gasteiger partial charge on any atom is -0.473 e. The summed E-state index contributed by atoms with van der Waals surface area (Å²) in [6, 6.07) is 13.1. The van der Waals surface area contributed by atoms with Gasteiger partial charge in [-0.1, -0.05) is 30.3 Å². The molecule has 1 heterocycles. The molecule has 5 heteroatoms. The molecule has 0 spiro atoms. The van der Waals surface area contributed by atoms with Crippen molar-refractivity contribution in [2.24, 2.45) is 0 Å². The minimum absolute atomic E-state index is 0.00560. The van der Waals surface area contributed by atoms with Gasteiger partial charge in [-0.3, -0.25) is 4.79 Å². The Balaban J connectivity index is 2.09. The van der Waals surface area contributed by atoms with Gasteiger partial charge in [0.15, 0.2) is 0 Å². The first-order valence-electron chi connectivity index (χ1n) is 8.09. The molecule has 24 heavy (non-hydrogen) atoms. The summed E-state index contributed by atoms with van der Waals surface area (Å²) < 4.78 is 5.67. The van der Waals surface area contributed by atoms with E-state index in [0.29, 0.717) is 24.6 Å². The van der Waals surface area contributed by atoms with E-state index in [1.54, 1.807) is 30.2 Å². The molecule has 1 unspecified atom stereocenters. The van der Waals surface area contributed by atoms with Crippen molar-refractivity contribution in [2.75, 3.05) is 6.54 Å². The van der Waals surface area contributed by atoms with Crippen LogP contribution in [0.2, 0.25) is 0 Å². The van der Waals surface area contributed by atoms with Crippen molar-refractivity contribution in [3.63, 3.8) is 0 Å². The maximum atomic E-state index is 12.7. The van der Waals surface area contributed by atoms with E-state index in [1.807, 2.05) is 44.2 Å². The lowest BCUT2D eigenvalue weighted by atomic mass is 10.2. The van der Waals surface area contributed by atoms with Crippen LogP contribution in [0, 0.1) is 0 Å². The van der Waals surface area contributed by atoms with Gasteiger partial charge in [-0.25, -0.2) is 4.98 Å². The quantitative estimate of drug-likeness (QED) is 0.849. The number of carbonyl (C=O) groups excluding carboxylic acids is 1. The van der Waals surface area contributed by atoms with Gasteiger partial charge in [0, 0.05) is 30.4 Å². The van der Waals surface area contributed by atoms with Gasteiger partial charge >= 0.3 is 0 Å². The third kappa shape index (κ3) is 5.06. The predicted molar refractivity (Wildman–Crippen MR) is 92.9 cm³/mol. The molecule has 2 rings (SSSR count). The molecule has 2 aromatic rings. The number of aliphatic hydroxyl groups is 1. The zero-order chi connectivity index (χ0) is 17.5. The van der Waals surface area contributed by atoms with E-state index in [1.165, 1.54) is 0 Å². The van der Waals surface area contributed by atoms with Gasteiger partial charge in [0.05, 0.1) is 6.10 Å². The number of hydrogen-bond donors (Lipinski definition) is 1. The number of carbonyl (C=O) groups is 1. The van der Waals surface area contributed by atoms with E-state index in [-0.39, 0.29) is 11.9 Å². The summed E-state index contributed by atoms with van der Waals surface area (Å²) >= 11 is 0. The Kier molecular flexibility index (Phi) is 6.32. The standard InChI is InChI=1S/C19H24N2O3/c1-14(2)21(12-15(3)22)19(23)17-9-10-20-18(11-17)24-13-16-7-5-4-6-8-16/h4-11,14-15,22H,12-13H2,1-3H3. The molecule has 128 valence electrons. The average Bonchev–Trinajstić information content (AvgIpc) is 2.58. The van der Waals surface area contributed by atoms with E-state index >= 15 is 0 Å². The summed E-state index contributed by atoms with van der Waals surface area (Å²) in [4.78, 5) is 18.5. The number of aliphatic hydroxyl groups excluding tert-OH is 1. The Hall–Kier alpha value is -2.40. The molecular weight excluding hydrogens is 304 g/mol. The van der Waals surface area contributed by atoms with Crippen LogP contribution in [0.3, 0.4) is 0 Å². The van der Waals surface area contributed by atoms with Gasteiger partial charge in [0.1, 0.15) is 6.61 Å². The highest BCUT2D eigenvalue weighted by molar-refractivity contribution is 5.94. The summed E-state index contributed by atoms with van der Waals surface area (Å²) in [5.41, 5.74) is 1.54. The molecule has 1 aromatic heterocycles. The molecule has 0 radical (unpaired) electrons. The molecular formula is C19H24N2O3. The molecule has 0 saturated carbocycles. The zero-order valence-corrected chi connectivity index (χ0v) is 14.3. The minimum atomic E-state index is -0.577. The van der Waals surface area contributed by atoms with Crippen molar-refractivity contribution in [1.82, 2.24) is 9.88 Å². The fraction of sp³-hybridized carbons (Fsp3) is 0.368. The van der Waals surface area contributed by atoms with Crippen LogP contribution in [-0.4, -0.2) is 39.6 Å². The van der Waals surface area contributed by atoms with E-state index < -0.39 is 6.10 Å². The smallest absolute Gasteiger partial charge is 0.254 e. The third-order valence-electron chi connectivity index (χ3n) is 3.56. The van der Waals surface area contributed by atoms with Crippen LogP contribution >= 0.6 is 0 Å². The number of benzene rings is 1. The molecule has 1 amide bonds. The highest BCUT2D eigenvalue weighted by Crippen LogP contribution is 2.15. The number of hydrogen-bond acceptors (Lipinski definition) is 4. The van der Waals surface area contributed by atoms with Crippen molar-refractivity contribution in [3.05, 3.63) is 59.8 Å². The Bertz CT molecular complexity index is 657. The van der Waals surface area contributed by atoms with Crippen LogP contribution in [-0.2, 0) is 6.61 Å². The molecule has 0 bridgehead atoms. The number of pyridine rings is 1. The zero-order valence-electron chi connectivity index (χ0n) is 14.3. The summed E-state index contributed by atoms with van der Waals surface area (Å²) in [7, 11) is 0. The summed E-state index contributed by atoms with van der Waals surface area (Å²) in [6.45, 7) is 6.21. The maximum absolute atomic E-state index is 12.7. The molecule has 0 aliphatic carbocycles. The fourth-order valence-corrected chi connectivity index (χ4v) is 2.33. The Morgan fingerprint density at radius 1 is 1.21 bits per heavy atom. The average molecular weight is 328 g/mol. The Morgan fingerprint density at radius 3 is 2.54 bits per heavy atom. The third-order valence-corrected chi connectivity index (χ3v) is 3.56. The lowest BCUT2D eigenvalue weighted by Crippen LogP contribution is -2.41. The van der Waals surface area contributed by atoms with E-state index in [9.17, 15) is 9.90 Å². The van der Waals surface area contributed by atoms with Gasteiger partial charge in [-0.05, 0) is 32.4 Å². The number of amides is 1. The van der Waals surface area contributed by atoms with Crippen LogP contribution in [0.1, 0.15) is 36.7 Å². The van der Waals surface area contributed by atoms with Crippen LogP contribution in [0.4, 0.5) is 0 Å². The van der Waals surface area contributed by atoms with Crippen molar-refractivity contribution >= 4 is 5.91 Å². The second-order valence-electron chi connectivity index (χ2n) is 6.06. The first-order valence-corrected chi connectivity index (χ1v) is 8.09. The first-order chi connectivity index (χ1) is 11.5. The molecule has 1 atom stereocenters. The highest BCUT2D eigenvalue weighted by Gasteiger charge is 2.20. The normalized spacial score (nSPS) is 12.0. The number of ether oxygens (including phenoxy) is 1. The lowest BCUT2D eigenvalue weighted by Gasteiger charge is -2.28. The highest BCUT2D eigenvalue weighted by atomic mass is 16.5. The Morgan fingerprint density at radius 2 is 1.92 bits per heavy atom. The SMILES string of the molecule is CC(O)CN(C(=O)c1ccnc(OCc2ccccc2)c1)C(C)C. The molecule has 1 aromatic carbocycles. The second kappa shape index (κ2) is 8.45. The van der Waals surface area contributed by atoms with Crippen LogP contribution < -0.4 is 4.74 Å². The summed E-state index contributed by atoms with van der Waals surface area (Å²) in [5, 5.41) is 9.60.